The molecule has 1 saturated carbocycles. The molecule has 0 bridgehead atoms. The fourth-order valence-electron chi connectivity index (χ4n) is 5.33. The summed E-state index contributed by atoms with van der Waals surface area (Å²) in [6.45, 7) is 4.49. The Balaban J connectivity index is 1.18. The molecule has 2 fully saturated rings. The van der Waals surface area contributed by atoms with Crippen LogP contribution in [0.3, 0.4) is 0 Å². The van der Waals surface area contributed by atoms with Gasteiger partial charge in [-0.2, -0.15) is 5.10 Å². The van der Waals surface area contributed by atoms with Crippen LogP contribution in [0.1, 0.15) is 10.7 Å². The van der Waals surface area contributed by atoms with Crippen LogP contribution < -0.4 is 10.6 Å². The minimum Gasteiger partial charge on any atom is -0.355 e. The SMILES string of the molecule is Cc1csc(C2(CN)[C@@H]3CN(c4cnc5c(-c6ccc7nnsc7c6Cl)n[nH]c5n4)C[C@@H]32)n1. The molecule has 1 aliphatic carbocycles. The number of fused-ring (bicyclic) bond motifs is 3. The zero-order valence-corrected chi connectivity index (χ0v) is 19.9. The highest BCUT2D eigenvalue weighted by molar-refractivity contribution is 7.13. The van der Waals surface area contributed by atoms with Gasteiger partial charge in [0.2, 0.25) is 0 Å². The van der Waals surface area contributed by atoms with E-state index in [1.54, 1.807) is 11.3 Å². The Morgan fingerprint density at radius 1 is 1.27 bits per heavy atom. The lowest BCUT2D eigenvalue weighted by Gasteiger charge is -2.25. The van der Waals surface area contributed by atoms with Crippen molar-refractivity contribution in [1.82, 2.24) is 34.7 Å². The van der Waals surface area contributed by atoms with Gasteiger partial charge in [0.15, 0.2) is 5.65 Å². The van der Waals surface area contributed by atoms with Gasteiger partial charge in [-0.05, 0) is 42.4 Å². The molecule has 12 heteroatoms. The summed E-state index contributed by atoms with van der Waals surface area (Å²) in [5.74, 6) is 1.85. The van der Waals surface area contributed by atoms with Crippen molar-refractivity contribution >= 4 is 61.7 Å². The third-order valence-electron chi connectivity index (χ3n) is 7.08. The van der Waals surface area contributed by atoms with Gasteiger partial charge in [-0.25, -0.2) is 15.0 Å². The number of hydrogen-bond acceptors (Lipinski definition) is 10. The molecule has 0 radical (unpaired) electrons. The number of aromatic amines is 1. The topological polar surface area (TPSA) is 122 Å². The van der Waals surface area contributed by atoms with Gasteiger partial charge in [0.25, 0.3) is 0 Å². The Hall–Kier alpha value is -2.73. The van der Waals surface area contributed by atoms with Crippen molar-refractivity contribution < 1.29 is 0 Å². The first-order chi connectivity index (χ1) is 16.1. The number of piperidine rings is 1. The molecular weight excluding hydrogens is 478 g/mol. The molecule has 3 N–H and O–H groups in total. The van der Waals surface area contributed by atoms with E-state index >= 15 is 0 Å². The van der Waals surface area contributed by atoms with E-state index in [2.05, 4.69) is 30.1 Å². The Morgan fingerprint density at radius 3 is 2.88 bits per heavy atom. The summed E-state index contributed by atoms with van der Waals surface area (Å²) in [6, 6.07) is 3.80. The van der Waals surface area contributed by atoms with Crippen molar-refractivity contribution in [2.45, 2.75) is 12.3 Å². The molecule has 0 amide bonds. The Morgan fingerprint density at radius 2 is 2.12 bits per heavy atom. The highest BCUT2D eigenvalue weighted by Gasteiger charge is 2.69. The predicted octanol–water partition coefficient (Wildman–Crippen LogP) is 3.41. The molecule has 1 saturated heterocycles. The van der Waals surface area contributed by atoms with Crippen molar-refractivity contribution in [1.29, 1.82) is 0 Å². The number of hydrogen-bond donors (Lipinski definition) is 2. The van der Waals surface area contributed by atoms with E-state index < -0.39 is 0 Å². The average molecular weight is 496 g/mol. The number of rotatable bonds is 4. The number of nitrogens with two attached hydrogens (primary N) is 1. The van der Waals surface area contributed by atoms with Crippen LogP contribution in [0.2, 0.25) is 5.02 Å². The number of halogens is 1. The lowest BCUT2D eigenvalue weighted by Crippen LogP contribution is -2.35. The first-order valence-electron chi connectivity index (χ1n) is 10.6. The maximum absolute atomic E-state index is 6.63. The quantitative estimate of drug-likeness (QED) is 0.389. The summed E-state index contributed by atoms with van der Waals surface area (Å²) in [6.07, 6.45) is 1.82. The van der Waals surface area contributed by atoms with E-state index in [1.807, 2.05) is 25.3 Å². The Labute approximate surface area is 201 Å². The third kappa shape index (κ3) is 2.67. The van der Waals surface area contributed by atoms with Gasteiger partial charge >= 0.3 is 0 Å². The second-order valence-electron chi connectivity index (χ2n) is 8.70. The fourth-order valence-corrected chi connectivity index (χ4v) is 7.42. The van der Waals surface area contributed by atoms with Crippen LogP contribution in [-0.4, -0.2) is 54.4 Å². The number of benzene rings is 1. The molecule has 5 aromatic rings. The molecule has 1 aliphatic heterocycles. The Bertz CT molecular complexity index is 1530. The molecular formula is C21H18ClN9S2. The summed E-state index contributed by atoms with van der Waals surface area (Å²) >= 11 is 9.63. The number of nitrogens with zero attached hydrogens (tertiary/aromatic N) is 7. The molecule has 7 rings (SSSR count). The molecule has 1 unspecified atom stereocenters. The van der Waals surface area contributed by atoms with Crippen LogP contribution in [0.15, 0.2) is 23.7 Å². The highest BCUT2D eigenvalue weighted by Crippen LogP contribution is 2.63. The normalized spacial score (nSPS) is 24.2. The zero-order chi connectivity index (χ0) is 22.3. The molecule has 4 aromatic heterocycles. The van der Waals surface area contributed by atoms with Gasteiger partial charge in [0.1, 0.15) is 27.6 Å². The minimum absolute atomic E-state index is 0.0228. The fraction of sp³-hybridized carbons (Fsp3) is 0.333. The molecule has 33 heavy (non-hydrogen) atoms. The summed E-state index contributed by atoms with van der Waals surface area (Å²) in [5.41, 5.74) is 10.9. The minimum atomic E-state index is 0.0228. The van der Waals surface area contributed by atoms with Gasteiger partial charge in [0.05, 0.1) is 15.9 Å². The van der Waals surface area contributed by atoms with Crippen LogP contribution >= 0.6 is 34.5 Å². The third-order valence-corrected chi connectivity index (χ3v) is 9.50. The largest absolute Gasteiger partial charge is 0.355 e. The van der Waals surface area contributed by atoms with Crippen molar-refractivity contribution in [3.63, 3.8) is 0 Å². The number of H-pyrrole nitrogens is 1. The van der Waals surface area contributed by atoms with Gasteiger partial charge in [-0.15, -0.1) is 16.4 Å². The second-order valence-corrected chi connectivity index (χ2v) is 10.7. The van der Waals surface area contributed by atoms with E-state index in [0.29, 0.717) is 40.3 Å². The van der Waals surface area contributed by atoms with Crippen LogP contribution in [-0.2, 0) is 5.41 Å². The van der Waals surface area contributed by atoms with E-state index in [4.69, 9.17) is 32.3 Å². The lowest BCUT2D eigenvalue weighted by atomic mass is 10.0. The first-order valence-corrected chi connectivity index (χ1v) is 12.6. The molecule has 2 aliphatic rings. The highest BCUT2D eigenvalue weighted by atomic mass is 35.5. The molecule has 9 nitrogen and oxygen atoms in total. The van der Waals surface area contributed by atoms with Gasteiger partial charge < -0.3 is 10.6 Å². The van der Waals surface area contributed by atoms with Crippen molar-refractivity contribution in [2.24, 2.45) is 17.6 Å². The maximum atomic E-state index is 6.63. The predicted molar refractivity (Wildman–Crippen MR) is 130 cm³/mol. The number of nitrogens with one attached hydrogen (secondary N) is 1. The molecule has 3 atom stereocenters. The van der Waals surface area contributed by atoms with E-state index in [-0.39, 0.29) is 5.41 Å². The lowest BCUT2D eigenvalue weighted by molar-refractivity contribution is 0.549. The maximum Gasteiger partial charge on any atom is 0.177 e. The van der Waals surface area contributed by atoms with Crippen LogP contribution in [0.5, 0.6) is 0 Å². The molecule has 1 aromatic carbocycles. The zero-order valence-electron chi connectivity index (χ0n) is 17.5. The number of aromatic nitrogens is 7. The van der Waals surface area contributed by atoms with Gasteiger partial charge in [0, 0.05) is 41.7 Å². The van der Waals surface area contributed by atoms with E-state index in [1.165, 1.54) is 16.5 Å². The number of thiazole rings is 1. The Kier molecular flexibility index (Phi) is 4.12. The second kappa shape index (κ2) is 6.89. The summed E-state index contributed by atoms with van der Waals surface area (Å²) in [4.78, 5) is 16.6. The van der Waals surface area contributed by atoms with Gasteiger partial charge in [-0.3, -0.25) is 5.10 Å². The smallest absolute Gasteiger partial charge is 0.177 e. The van der Waals surface area contributed by atoms with Gasteiger partial charge in [-0.1, -0.05) is 16.1 Å². The van der Waals surface area contributed by atoms with E-state index in [9.17, 15) is 0 Å². The monoisotopic (exact) mass is 495 g/mol. The molecule has 0 spiro atoms. The standard InChI is InChI=1S/C21H18ClN9S2/c1-9-7-32-20(25-9)21(8-23)11-5-31(6-12(11)21)14-4-24-17-16(28-29-19(17)26-14)10-2-3-13-18(15(10)22)33-30-27-13/h2-4,7,11-12H,5-6,8,23H2,1H3,(H,26,28,29)/t11-,12+,21?. The van der Waals surface area contributed by atoms with E-state index in [0.717, 1.165) is 40.4 Å². The summed E-state index contributed by atoms with van der Waals surface area (Å²) < 4.78 is 4.82. The summed E-state index contributed by atoms with van der Waals surface area (Å²) in [7, 11) is 0. The number of anilines is 1. The number of aryl methyl sites for hydroxylation is 1. The average Bonchev–Trinajstić information content (AvgIpc) is 3.46. The van der Waals surface area contributed by atoms with Crippen LogP contribution in [0.25, 0.3) is 32.6 Å². The van der Waals surface area contributed by atoms with Crippen LogP contribution in [0, 0.1) is 18.8 Å². The van der Waals surface area contributed by atoms with Crippen molar-refractivity contribution in [3.05, 3.63) is 39.4 Å². The van der Waals surface area contributed by atoms with Crippen molar-refractivity contribution in [2.75, 3.05) is 24.5 Å². The first kappa shape index (κ1) is 19.7. The molecule has 5 heterocycles. The van der Waals surface area contributed by atoms with Crippen molar-refractivity contribution in [3.8, 4) is 11.3 Å². The molecule has 166 valence electrons. The van der Waals surface area contributed by atoms with Crippen LogP contribution in [0.4, 0.5) is 5.82 Å². The summed E-state index contributed by atoms with van der Waals surface area (Å²) in [5, 5.41) is 15.5.